The molecule has 0 fully saturated rings. The Morgan fingerprint density at radius 1 is 1.07 bits per heavy atom. The minimum atomic E-state index is -0.306. The van der Waals surface area contributed by atoms with Crippen LogP contribution in [0.5, 0.6) is 0 Å². The van der Waals surface area contributed by atoms with Gasteiger partial charge in [0.05, 0.1) is 0 Å². The smallest absolute Gasteiger partial charge is 0.251 e. The Balaban J connectivity index is 1.54. The van der Waals surface area contributed by atoms with Gasteiger partial charge in [0.1, 0.15) is 17.0 Å². The molecule has 0 aliphatic rings. The van der Waals surface area contributed by atoms with Crippen LogP contribution in [0.2, 0.25) is 0 Å². The van der Waals surface area contributed by atoms with E-state index in [0.717, 1.165) is 11.3 Å². The van der Waals surface area contributed by atoms with Crippen LogP contribution in [0.3, 0.4) is 0 Å². The van der Waals surface area contributed by atoms with Gasteiger partial charge in [0, 0.05) is 17.8 Å². The van der Waals surface area contributed by atoms with E-state index in [-0.39, 0.29) is 11.7 Å². The van der Waals surface area contributed by atoms with Gasteiger partial charge < -0.3 is 9.73 Å². The molecule has 0 atom stereocenters. The second-order valence-electron chi connectivity index (χ2n) is 6.17. The highest BCUT2D eigenvalue weighted by Crippen LogP contribution is 2.24. The van der Waals surface area contributed by atoms with E-state index in [1.807, 2.05) is 25.1 Å². The first-order chi connectivity index (χ1) is 13.1. The van der Waals surface area contributed by atoms with E-state index in [4.69, 9.17) is 4.42 Å². The van der Waals surface area contributed by atoms with Crippen molar-refractivity contribution in [3.8, 4) is 11.6 Å². The van der Waals surface area contributed by atoms with Crippen molar-refractivity contribution in [2.45, 2.75) is 13.5 Å². The second kappa shape index (κ2) is 6.99. The number of hydrogen-bond donors (Lipinski definition) is 1. The van der Waals surface area contributed by atoms with Gasteiger partial charge in [0.15, 0.2) is 5.58 Å². The van der Waals surface area contributed by atoms with Crippen LogP contribution >= 0.6 is 0 Å². The molecule has 6 heteroatoms. The van der Waals surface area contributed by atoms with Crippen molar-refractivity contribution in [1.82, 2.24) is 15.3 Å². The van der Waals surface area contributed by atoms with Gasteiger partial charge in [-0.15, -0.1) is 0 Å². The number of carbonyl (C=O) groups is 1. The minimum absolute atomic E-state index is 0.243. The van der Waals surface area contributed by atoms with Crippen LogP contribution in [0.15, 0.2) is 65.1 Å². The Kier molecular flexibility index (Phi) is 4.38. The molecular weight excluding hydrogens is 345 g/mol. The van der Waals surface area contributed by atoms with Crippen molar-refractivity contribution in [3.63, 3.8) is 0 Å². The van der Waals surface area contributed by atoms with E-state index in [2.05, 4.69) is 15.3 Å². The number of rotatable bonds is 4. The molecule has 0 unspecified atom stereocenters. The van der Waals surface area contributed by atoms with Gasteiger partial charge in [-0.25, -0.2) is 14.4 Å². The summed E-state index contributed by atoms with van der Waals surface area (Å²) >= 11 is 0. The number of pyridine rings is 1. The number of halogens is 1. The molecule has 0 saturated heterocycles. The van der Waals surface area contributed by atoms with Gasteiger partial charge in [-0.1, -0.05) is 18.2 Å². The summed E-state index contributed by atoms with van der Waals surface area (Å²) in [7, 11) is 0. The summed E-state index contributed by atoms with van der Waals surface area (Å²) in [5.41, 5.74) is 3.97. The van der Waals surface area contributed by atoms with Crippen LogP contribution in [-0.4, -0.2) is 15.9 Å². The van der Waals surface area contributed by atoms with Crippen LogP contribution in [-0.2, 0) is 6.54 Å². The Labute approximate surface area is 154 Å². The van der Waals surface area contributed by atoms with Gasteiger partial charge >= 0.3 is 0 Å². The maximum absolute atomic E-state index is 12.9. The molecule has 0 radical (unpaired) electrons. The molecule has 4 rings (SSSR count). The van der Waals surface area contributed by atoms with Gasteiger partial charge in [-0.2, -0.15) is 0 Å². The van der Waals surface area contributed by atoms with Gasteiger partial charge in [-0.05, 0) is 55.0 Å². The highest BCUT2D eigenvalue weighted by Gasteiger charge is 2.13. The van der Waals surface area contributed by atoms with E-state index >= 15 is 0 Å². The second-order valence-corrected chi connectivity index (χ2v) is 6.17. The number of nitrogens with zero attached hydrogens (tertiary/aromatic N) is 2. The molecule has 2 aromatic carbocycles. The molecule has 2 heterocycles. The Hall–Kier alpha value is -3.54. The van der Waals surface area contributed by atoms with E-state index in [0.29, 0.717) is 34.8 Å². The standard InChI is InChI=1S/C21H16FN3O2/c1-13-3-2-4-18(24-13)21-25-17-10-7-15(11-19(17)27-21)20(26)23-12-14-5-8-16(22)9-6-14/h2-11H,12H2,1H3,(H,23,26). The third-order valence-electron chi connectivity index (χ3n) is 4.12. The number of oxazole rings is 1. The molecule has 0 spiro atoms. The number of aromatic nitrogens is 2. The van der Waals surface area contributed by atoms with Crippen LogP contribution < -0.4 is 5.32 Å². The molecule has 0 aliphatic heterocycles. The number of aryl methyl sites for hydroxylation is 1. The first kappa shape index (κ1) is 16.9. The summed E-state index contributed by atoms with van der Waals surface area (Å²) in [5.74, 6) is -0.134. The SMILES string of the molecule is Cc1cccc(-c2nc3ccc(C(=O)NCc4ccc(F)cc4)cc3o2)n1. The average Bonchev–Trinajstić information content (AvgIpc) is 3.11. The summed E-state index contributed by atoms with van der Waals surface area (Å²) in [5, 5.41) is 2.81. The van der Waals surface area contributed by atoms with Crippen LogP contribution in [0.25, 0.3) is 22.7 Å². The van der Waals surface area contributed by atoms with E-state index in [1.165, 1.54) is 12.1 Å². The van der Waals surface area contributed by atoms with Crippen molar-refractivity contribution in [2.75, 3.05) is 0 Å². The monoisotopic (exact) mass is 361 g/mol. The van der Waals surface area contributed by atoms with Crippen molar-refractivity contribution in [3.05, 3.63) is 83.3 Å². The molecule has 27 heavy (non-hydrogen) atoms. The largest absolute Gasteiger partial charge is 0.435 e. The predicted molar refractivity (Wildman–Crippen MR) is 99.5 cm³/mol. The topological polar surface area (TPSA) is 68.0 Å². The van der Waals surface area contributed by atoms with Crippen LogP contribution in [0, 0.1) is 12.7 Å². The maximum atomic E-state index is 12.9. The average molecular weight is 361 g/mol. The van der Waals surface area contributed by atoms with Crippen molar-refractivity contribution in [2.24, 2.45) is 0 Å². The van der Waals surface area contributed by atoms with Gasteiger partial charge in [0.2, 0.25) is 5.89 Å². The maximum Gasteiger partial charge on any atom is 0.251 e. The lowest BCUT2D eigenvalue weighted by atomic mass is 10.2. The molecule has 0 bridgehead atoms. The zero-order valence-corrected chi connectivity index (χ0v) is 14.6. The minimum Gasteiger partial charge on any atom is -0.435 e. The third kappa shape index (κ3) is 3.69. The Morgan fingerprint density at radius 3 is 2.67 bits per heavy atom. The van der Waals surface area contributed by atoms with E-state index in [1.54, 1.807) is 30.3 Å². The highest BCUT2D eigenvalue weighted by molar-refractivity contribution is 5.97. The summed E-state index contributed by atoms with van der Waals surface area (Å²) in [6.07, 6.45) is 0. The number of hydrogen-bond acceptors (Lipinski definition) is 4. The number of nitrogens with one attached hydrogen (secondary N) is 1. The van der Waals surface area contributed by atoms with E-state index in [9.17, 15) is 9.18 Å². The first-order valence-electron chi connectivity index (χ1n) is 8.46. The lowest BCUT2D eigenvalue weighted by Gasteiger charge is -2.05. The Bertz CT molecular complexity index is 1120. The first-order valence-corrected chi connectivity index (χ1v) is 8.46. The molecule has 4 aromatic rings. The Morgan fingerprint density at radius 2 is 1.89 bits per heavy atom. The zero-order chi connectivity index (χ0) is 18.8. The number of amides is 1. The quantitative estimate of drug-likeness (QED) is 0.589. The van der Waals surface area contributed by atoms with Crippen molar-refractivity contribution >= 4 is 17.0 Å². The van der Waals surface area contributed by atoms with Crippen LogP contribution in [0.1, 0.15) is 21.6 Å². The summed E-state index contributed by atoms with van der Waals surface area (Å²) < 4.78 is 18.7. The number of carbonyl (C=O) groups excluding carboxylic acids is 1. The zero-order valence-electron chi connectivity index (χ0n) is 14.6. The van der Waals surface area contributed by atoms with E-state index < -0.39 is 0 Å². The summed E-state index contributed by atoms with van der Waals surface area (Å²) in [6.45, 7) is 2.21. The molecular formula is C21H16FN3O2. The number of benzene rings is 2. The molecule has 1 amide bonds. The molecule has 5 nitrogen and oxygen atoms in total. The lowest BCUT2D eigenvalue weighted by molar-refractivity contribution is 0.0951. The molecule has 1 N–H and O–H groups in total. The van der Waals surface area contributed by atoms with Gasteiger partial charge in [0.25, 0.3) is 5.91 Å². The predicted octanol–water partition coefficient (Wildman–Crippen LogP) is 4.27. The third-order valence-corrected chi connectivity index (χ3v) is 4.12. The van der Waals surface area contributed by atoms with Gasteiger partial charge in [-0.3, -0.25) is 4.79 Å². The fourth-order valence-corrected chi connectivity index (χ4v) is 2.72. The van der Waals surface area contributed by atoms with Crippen molar-refractivity contribution in [1.29, 1.82) is 0 Å². The number of fused-ring (bicyclic) bond motifs is 1. The summed E-state index contributed by atoms with van der Waals surface area (Å²) in [6, 6.07) is 16.7. The fraction of sp³-hybridized carbons (Fsp3) is 0.0952. The summed E-state index contributed by atoms with van der Waals surface area (Å²) in [4.78, 5) is 21.2. The van der Waals surface area contributed by atoms with Crippen molar-refractivity contribution < 1.29 is 13.6 Å². The molecule has 2 aromatic heterocycles. The molecule has 0 saturated carbocycles. The molecule has 134 valence electrons. The normalized spacial score (nSPS) is 10.9. The fourth-order valence-electron chi connectivity index (χ4n) is 2.72. The lowest BCUT2D eigenvalue weighted by Crippen LogP contribution is -2.22. The molecule has 0 aliphatic carbocycles. The highest BCUT2D eigenvalue weighted by atomic mass is 19.1. The van der Waals surface area contributed by atoms with Crippen LogP contribution in [0.4, 0.5) is 4.39 Å².